The van der Waals surface area contributed by atoms with Crippen LogP contribution >= 0.6 is 0 Å². The molecule has 1 saturated heterocycles. The summed E-state index contributed by atoms with van der Waals surface area (Å²) in [6.45, 7) is 4.09. The molecule has 2 aliphatic rings. The third-order valence-corrected chi connectivity index (χ3v) is 3.38. The molecule has 0 aromatic carbocycles. The molecule has 16 heavy (non-hydrogen) atoms. The third-order valence-electron chi connectivity index (χ3n) is 3.38. The number of esters is 1. The first-order valence-corrected chi connectivity index (χ1v) is 6.27. The lowest BCUT2D eigenvalue weighted by Crippen LogP contribution is -2.48. The van der Waals surface area contributed by atoms with Crippen LogP contribution in [0.3, 0.4) is 0 Å². The molecule has 4 heteroatoms. The highest BCUT2D eigenvalue weighted by Crippen LogP contribution is 2.25. The predicted molar refractivity (Wildman–Crippen MR) is 60.1 cm³/mol. The second-order valence-electron chi connectivity index (χ2n) is 4.91. The molecule has 1 aliphatic heterocycles. The summed E-state index contributed by atoms with van der Waals surface area (Å²) in [6, 6.07) is -0.258. The van der Waals surface area contributed by atoms with Gasteiger partial charge in [-0.2, -0.15) is 0 Å². The molecule has 4 nitrogen and oxygen atoms in total. The maximum Gasteiger partial charge on any atom is 0.325 e. The fraction of sp³-hybridized carbons (Fsp3) is 0.917. The minimum atomic E-state index is -0.258. The van der Waals surface area contributed by atoms with Crippen molar-refractivity contribution < 1.29 is 14.3 Å². The number of morpholine rings is 1. The van der Waals surface area contributed by atoms with Gasteiger partial charge in [0.05, 0.1) is 13.2 Å². The number of nitrogens with one attached hydrogen (secondary N) is 1. The molecular formula is C12H21NO3. The molecule has 3 unspecified atom stereocenters. The third kappa shape index (κ3) is 3.19. The Hall–Kier alpha value is -0.610. The van der Waals surface area contributed by atoms with Crippen molar-refractivity contribution in [3.05, 3.63) is 0 Å². The van der Waals surface area contributed by atoms with Crippen LogP contribution in [0.1, 0.15) is 32.6 Å². The zero-order valence-corrected chi connectivity index (χ0v) is 9.91. The van der Waals surface area contributed by atoms with Crippen LogP contribution in [0.4, 0.5) is 0 Å². The fourth-order valence-corrected chi connectivity index (χ4v) is 2.45. The van der Waals surface area contributed by atoms with Crippen LogP contribution < -0.4 is 5.32 Å². The maximum absolute atomic E-state index is 11.8. The Bertz CT molecular complexity index is 238. The van der Waals surface area contributed by atoms with E-state index in [1.165, 1.54) is 12.8 Å². The number of carbonyl (C=O) groups is 1. The average Bonchev–Trinajstić information content (AvgIpc) is 2.30. The summed E-state index contributed by atoms with van der Waals surface area (Å²) in [4.78, 5) is 11.8. The molecule has 0 bridgehead atoms. The van der Waals surface area contributed by atoms with Gasteiger partial charge in [0, 0.05) is 6.54 Å². The predicted octanol–water partition coefficient (Wildman–Crippen LogP) is 1.10. The summed E-state index contributed by atoms with van der Waals surface area (Å²) in [5.41, 5.74) is 0. The maximum atomic E-state index is 11.8. The van der Waals surface area contributed by atoms with E-state index < -0.39 is 0 Å². The lowest BCUT2D eigenvalue weighted by atomic mass is 9.89. The monoisotopic (exact) mass is 227 g/mol. The van der Waals surface area contributed by atoms with Gasteiger partial charge < -0.3 is 14.8 Å². The molecule has 3 atom stereocenters. The zero-order valence-electron chi connectivity index (χ0n) is 9.91. The Morgan fingerprint density at radius 3 is 3.00 bits per heavy atom. The number of hydrogen-bond acceptors (Lipinski definition) is 4. The van der Waals surface area contributed by atoms with Crippen LogP contribution in [-0.4, -0.2) is 37.9 Å². The minimum Gasteiger partial charge on any atom is -0.461 e. The molecule has 0 aromatic rings. The van der Waals surface area contributed by atoms with Crippen molar-refractivity contribution >= 4 is 5.97 Å². The average molecular weight is 227 g/mol. The first kappa shape index (κ1) is 11.9. The van der Waals surface area contributed by atoms with Gasteiger partial charge in [0.1, 0.15) is 12.1 Å². The Morgan fingerprint density at radius 1 is 1.44 bits per heavy atom. The van der Waals surface area contributed by atoms with Crippen LogP contribution in [0.2, 0.25) is 0 Å². The summed E-state index contributed by atoms with van der Waals surface area (Å²) < 4.78 is 10.8. The molecule has 1 aliphatic carbocycles. The van der Waals surface area contributed by atoms with Crippen LogP contribution in [0, 0.1) is 5.92 Å². The standard InChI is InChI=1S/C12H21NO3/c1-9-3-2-4-10(7-9)16-12(14)11-8-15-6-5-13-11/h9-11,13H,2-8H2,1H3. The minimum absolute atomic E-state index is 0.125. The van der Waals surface area contributed by atoms with Crippen LogP contribution in [0.25, 0.3) is 0 Å². The summed E-state index contributed by atoms with van der Waals surface area (Å²) >= 11 is 0. The molecule has 1 heterocycles. The lowest BCUT2D eigenvalue weighted by molar-refractivity contribution is -0.156. The Kier molecular flexibility index (Phi) is 4.18. The van der Waals surface area contributed by atoms with Gasteiger partial charge in [-0.15, -0.1) is 0 Å². The molecule has 0 amide bonds. The highest BCUT2D eigenvalue weighted by atomic mass is 16.5. The Morgan fingerprint density at radius 2 is 2.31 bits per heavy atom. The highest BCUT2D eigenvalue weighted by Gasteiger charge is 2.27. The van der Waals surface area contributed by atoms with Crippen molar-refractivity contribution in [2.75, 3.05) is 19.8 Å². The first-order chi connectivity index (χ1) is 7.75. The van der Waals surface area contributed by atoms with Crippen molar-refractivity contribution in [2.45, 2.75) is 44.8 Å². The number of rotatable bonds is 2. The van der Waals surface area contributed by atoms with Gasteiger partial charge in [0.25, 0.3) is 0 Å². The number of hydrogen-bond donors (Lipinski definition) is 1. The molecule has 0 aromatic heterocycles. The van der Waals surface area contributed by atoms with E-state index in [2.05, 4.69) is 12.2 Å². The van der Waals surface area contributed by atoms with Gasteiger partial charge in [0.15, 0.2) is 0 Å². The smallest absolute Gasteiger partial charge is 0.325 e. The van der Waals surface area contributed by atoms with Crippen molar-refractivity contribution in [1.82, 2.24) is 5.32 Å². The molecule has 1 N–H and O–H groups in total. The van der Waals surface area contributed by atoms with Crippen molar-refractivity contribution in [2.24, 2.45) is 5.92 Å². The van der Waals surface area contributed by atoms with E-state index in [9.17, 15) is 4.79 Å². The van der Waals surface area contributed by atoms with Gasteiger partial charge in [-0.1, -0.05) is 13.3 Å². The van der Waals surface area contributed by atoms with Crippen LogP contribution in [-0.2, 0) is 14.3 Å². The van der Waals surface area contributed by atoms with Crippen LogP contribution in [0.15, 0.2) is 0 Å². The summed E-state index contributed by atoms with van der Waals surface area (Å²) in [7, 11) is 0. The normalized spacial score (nSPS) is 35.7. The van der Waals surface area contributed by atoms with E-state index in [0.29, 0.717) is 19.1 Å². The highest BCUT2D eigenvalue weighted by molar-refractivity contribution is 5.76. The lowest BCUT2D eigenvalue weighted by Gasteiger charge is -2.29. The largest absolute Gasteiger partial charge is 0.461 e. The van der Waals surface area contributed by atoms with E-state index >= 15 is 0 Å². The molecule has 2 rings (SSSR count). The number of carbonyl (C=O) groups excluding carboxylic acids is 1. The van der Waals surface area contributed by atoms with Crippen molar-refractivity contribution in [1.29, 1.82) is 0 Å². The molecule has 0 radical (unpaired) electrons. The molecule has 2 fully saturated rings. The molecule has 1 saturated carbocycles. The Labute approximate surface area is 96.7 Å². The van der Waals surface area contributed by atoms with Gasteiger partial charge in [-0.05, 0) is 25.2 Å². The second-order valence-corrected chi connectivity index (χ2v) is 4.91. The van der Waals surface area contributed by atoms with Crippen LogP contribution in [0.5, 0.6) is 0 Å². The van der Waals surface area contributed by atoms with Gasteiger partial charge in [-0.25, -0.2) is 0 Å². The van der Waals surface area contributed by atoms with Crippen molar-refractivity contribution in [3.8, 4) is 0 Å². The summed E-state index contributed by atoms with van der Waals surface area (Å²) in [5.74, 6) is 0.543. The second kappa shape index (κ2) is 5.64. The van der Waals surface area contributed by atoms with Gasteiger partial charge in [0.2, 0.25) is 0 Å². The quantitative estimate of drug-likeness (QED) is 0.718. The van der Waals surface area contributed by atoms with Gasteiger partial charge >= 0.3 is 5.97 Å². The van der Waals surface area contributed by atoms with E-state index in [1.54, 1.807) is 0 Å². The summed E-state index contributed by atoms with van der Waals surface area (Å²) in [6.07, 6.45) is 4.59. The van der Waals surface area contributed by atoms with E-state index in [0.717, 1.165) is 19.4 Å². The first-order valence-electron chi connectivity index (χ1n) is 6.27. The van der Waals surface area contributed by atoms with E-state index in [-0.39, 0.29) is 18.1 Å². The number of ether oxygens (including phenoxy) is 2. The fourth-order valence-electron chi connectivity index (χ4n) is 2.45. The molecule has 0 spiro atoms. The Balaban J connectivity index is 1.77. The summed E-state index contributed by atoms with van der Waals surface area (Å²) in [5, 5.41) is 3.12. The SMILES string of the molecule is CC1CCCC(OC(=O)C2COCCN2)C1. The van der Waals surface area contributed by atoms with Gasteiger partial charge in [-0.3, -0.25) is 4.79 Å². The molecular weight excluding hydrogens is 206 g/mol. The zero-order chi connectivity index (χ0) is 11.4. The topological polar surface area (TPSA) is 47.6 Å². The van der Waals surface area contributed by atoms with Crippen molar-refractivity contribution in [3.63, 3.8) is 0 Å². The molecule has 92 valence electrons. The van der Waals surface area contributed by atoms with E-state index in [1.807, 2.05) is 0 Å². The van der Waals surface area contributed by atoms with E-state index in [4.69, 9.17) is 9.47 Å².